The van der Waals surface area contributed by atoms with Crippen LogP contribution in [0.1, 0.15) is 194 Å². The Balaban J connectivity index is 4.34. The maximum atomic E-state index is 12.8. The molecule has 0 spiro atoms. The molecule has 8 nitrogen and oxygen atoms in total. The minimum atomic E-state index is -0.882. The van der Waals surface area contributed by atoms with Crippen molar-refractivity contribution in [3.8, 4) is 0 Å². The standard InChI is InChI=1S/C55H93NO7/c1-6-8-10-12-14-16-18-20-22-24-25-26-27-28-29-30-32-33-35-37-39-41-43-45-53(57)62-50-51(49-61-48-47-52(55(59)60)56(3,4)5)63-54(58)46-44-42-40-38-36-34-31-23-21-19-17-15-13-11-9-7-2/h8,10,14,16,20,22-23,25-26,28-29,31-33,51-52H,6-7,9,11-13,15,17-19,21,24,27,30,34-50H2,1-5H3/p+1/b10-8+,16-14+,22-20+,26-25+,29-28+,31-23+,33-32+. The maximum absolute atomic E-state index is 12.8. The van der Waals surface area contributed by atoms with Crippen LogP contribution in [0.15, 0.2) is 85.1 Å². The van der Waals surface area contributed by atoms with E-state index in [4.69, 9.17) is 14.2 Å². The summed E-state index contributed by atoms with van der Waals surface area (Å²) in [7, 11) is 5.52. The minimum Gasteiger partial charge on any atom is -0.477 e. The Morgan fingerprint density at radius 3 is 1.33 bits per heavy atom. The van der Waals surface area contributed by atoms with E-state index in [1.807, 2.05) is 21.1 Å². The van der Waals surface area contributed by atoms with Gasteiger partial charge < -0.3 is 23.8 Å². The monoisotopic (exact) mass is 881 g/mol. The van der Waals surface area contributed by atoms with E-state index < -0.39 is 18.1 Å². The van der Waals surface area contributed by atoms with Crippen LogP contribution in [0.2, 0.25) is 0 Å². The molecule has 2 atom stereocenters. The molecule has 0 heterocycles. The number of unbranched alkanes of at least 4 members (excludes halogenated alkanes) is 16. The quantitative estimate of drug-likeness (QED) is 0.0282. The molecule has 0 saturated heterocycles. The van der Waals surface area contributed by atoms with E-state index in [0.717, 1.165) is 103 Å². The molecule has 63 heavy (non-hydrogen) atoms. The third kappa shape index (κ3) is 43.5. The summed E-state index contributed by atoms with van der Waals surface area (Å²) in [5, 5.41) is 9.65. The second-order valence-electron chi connectivity index (χ2n) is 17.7. The Hall–Kier alpha value is -3.49. The highest BCUT2D eigenvalue weighted by atomic mass is 16.6. The number of rotatable bonds is 44. The van der Waals surface area contributed by atoms with E-state index in [1.54, 1.807) is 0 Å². The lowest BCUT2D eigenvalue weighted by Crippen LogP contribution is -2.50. The highest BCUT2D eigenvalue weighted by molar-refractivity contribution is 5.72. The molecule has 8 heteroatoms. The Kier molecular flexibility index (Phi) is 42.6. The van der Waals surface area contributed by atoms with E-state index in [2.05, 4.69) is 98.9 Å². The van der Waals surface area contributed by atoms with Crippen LogP contribution in [0.5, 0.6) is 0 Å². The number of carboxylic acid groups (broad SMARTS) is 1. The summed E-state index contributed by atoms with van der Waals surface area (Å²) in [5.74, 6) is -1.52. The number of ether oxygens (including phenoxy) is 3. The number of carbonyl (C=O) groups excluding carboxylic acids is 2. The molecule has 0 aliphatic carbocycles. The van der Waals surface area contributed by atoms with Crippen LogP contribution < -0.4 is 0 Å². The lowest BCUT2D eigenvalue weighted by Gasteiger charge is -2.31. The summed E-state index contributed by atoms with van der Waals surface area (Å²) < 4.78 is 17.3. The first-order valence-electron chi connectivity index (χ1n) is 25.1. The van der Waals surface area contributed by atoms with Crippen LogP contribution in [0.3, 0.4) is 0 Å². The van der Waals surface area contributed by atoms with Gasteiger partial charge in [0.25, 0.3) is 0 Å². The largest absolute Gasteiger partial charge is 0.477 e. The number of likely N-dealkylation sites (N-methyl/N-ethyl adjacent to an activating group) is 1. The van der Waals surface area contributed by atoms with Crippen molar-refractivity contribution in [2.24, 2.45) is 0 Å². The zero-order valence-electron chi connectivity index (χ0n) is 41.0. The average molecular weight is 881 g/mol. The van der Waals surface area contributed by atoms with Crippen molar-refractivity contribution < 1.29 is 38.2 Å². The summed E-state index contributed by atoms with van der Waals surface area (Å²) in [6.45, 7) is 4.58. The Morgan fingerprint density at radius 2 is 0.889 bits per heavy atom. The van der Waals surface area contributed by atoms with E-state index in [-0.39, 0.29) is 36.2 Å². The molecule has 1 N–H and O–H groups in total. The fourth-order valence-corrected chi connectivity index (χ4v) is 6.91. The Morgan fingerprint density at radius 1 is 0.492 bits per heavy atom. The van der Waals surface area contributed by atoms with Gasteiger partial charge in [0.15, 0.2) is 12.1 Å². The van der Waals surface area contributed by atoms with Gasteiger partial charge in [-0.1, -0.05) is 170 Å². The van der Waals surface area contributed by atoms with Crippen molar-refractivity contribution >= 4 is 17.9 Å². The zero-order chi connectivity index (χ0) is 46.3. The normalized spacial score (nSPS) is 13.6. The second-order valence-corrected chi connectivity index (χ2v) is 17.7. The highest BCUT2D eigenvalue weighted by Gasteiger charge is 2.31. The predicted molar refractivity (Wildman–Crippen MR) is 266 cm³/mol. The molecule has 0 radical (unpaired) electrons. The summed E-state index contributed by atoms with van der Waals surface area (Å²) in [6.07, 6.45) is 59.1. The van der Waals surface area contributed by atoms with Crippen molar-refractivity contribution in [3.63, 3.8) is 0 Å². The van der Waals surface area contributed by atoms with Crippen molar-refractivity contribution in [1.29, 1.82) is 0 Å². The van der Waals surface area contributed by atoms with Gasteiger partial charge in [-0.3, -0.25) is 9.59 Å². The fourth-order valence-electron chi connectivity index (χ4n) is 6.91. The van der Waals surface area contributed by atoms with Gasteiger partial charge in [-0.15, -0.1) is 0 Å². The Bertz CT molecular complexity index is 1300. The smallest absolute Gasteiger partial charge is 0.362 e. The first kappa shape index (κ1) is 59.5. The van der Waals surface area contributed by atoms with Crippen molar-refractivity contribution in [2.75, 3.05) is 41.0 Å². The predicted octanol–water partition coefficient (Wildman–Crippen LogP) is 14.5. The number of carbonyl (C=O) groups is 3. The van der Waals surface area contributed by atoms with Gasteiger partial charge >= 0.3 is 17.9 Å². The van der Waals surface area contributed by atoms with E-state index in [1.165, 1.54) is 57.8 Å². The van der Waals surface area contributed by atoms with Crippen LogP contribution >= 0.6 is 0 Å². The molecule has 0 aromatic rings. The van der Waals surface area contributed by atoms with Gasteiger partial charge in [-0.25, -0.2) is 4.79 Å². The molecule has 0 rings (SSSR count). The lowest BCUT2D eigenvalue weighted by molar-refractivity contribution is -0.887. The number of aliphatic carboxylic acids is 1. The summed E-state index contributed by atoms with van der Waals surface area (Å²) >= 11 is 0. The van der Waals surface area contributed by atoms with Crippen LogP contribution in [0.25, 0.3) is 0 Å². The maximum Gasteiger partial charge on any atom is 0.362 e. The minimum absolute atomic E-state index is 0.0452. The first-order chi connectivity index (χ1) is 30.6. The van der Waals surface area contributed by atoms with E-state index in [0.29, 0.717) is 19.3 Å². The molecule has 0 saturated carbocycles. The number of allylic oxidation sites excluding steroid dienone is 14. The van der Waals surface area contributed by atoms with Gasteiger partial charge in [0.05, 0.1) is 34.4 Å². The molecule has 0 aliphatic rings. The lowest BCUT2D eigenvalue weighted by atomic mass is 10.1. The van der Waals surface area contributed by atoms with Crippen molar-refractivity contribution in [2.45, 2.75) is 206 Å². The van der Waals surface area contributed by atoms with Gasteiger partial charge in [-0.05, 0) is 89.9 Å². The van der Waals surface area contributed by atoms with Crippen LogP contribution in [0, 0.1) is 0 Å². The molecule has 0 fully saturated rings. The number of hydrogen-bond donors (Lipinski definition) is 1. The SMILES string of the molecule is CC/C=C/C/C=C/C/C=C/C/C=C/C/C=C/C/C=C/CCCCCCC(=O)OCC(COCCC(C(=O)O)[N+](C)(C)C)OC(=O)CCCCCCC/C=C/CCCCCCCCC. The Labute approximate surface area is 386 Å². The molecule has 0 aromatic heterocycles. The third-order valence-corrected chi connectivity index (χ3v) is 10.8. The van der Waals surface area contributed by atoms with Crippen LogP contribution in [-0.4, -0.2) is 80.6 Å². The molecule has 360 valence electrons. The number of hydrogen-bond acceptors (Lipinski definition) is 6. The molecule has 0 aromatic carbocycles. The van der Waals surface area contributed by atoms with Gasteiger partial charge in [-0.2, -0.15) is 0 Å². The number of carboxylic acids is 1. The van der Waals surface area contributed by atoms with Crippen molar-refractivity contribution in [3.05, 3.63) is 85.1 Å². The highest BCUT2D eigenvalue weighted by Crippen LogP contribution is 2.13. The van der Waals surface area contributed by atoms with Crippen LogP contribution in [-0.2, 0) is 28.6 Å². The molecule has 0 amide bonds. The summed E-state index contributed by atoms with van der Waals surface area (Å²) in [5.41, 5.74) is 0. The molecular weight excluding hydrogens is 787 g/mol. The molecule has 2 unspecified atom stereocenters. The first-order valence-corrected chi connectivity index (χ1v) is 25.1. The number of esters is 2. The summed E-state index contributed by atoms with van der Waals surface area (Å²) in [4.78, 5) is 37.1. The molecule has 0 bridgehead atoms. The average Bonchev–Trinajstić information content (AvgIpc) is 3.24. The van der Waals surface area contributed by atoms with Crippen LogP contribution in [0.4, 0.5) is 0 Å². The molecule has 0 aliphatic heterocycles. The second kappa shape index (κ2) is 45.1. The molecular formula is C55H94NO7+. The topological polar surface area (TPSA) is 99.1 Å². The van der Waals surface area contributed by atoms with Crippen molar-refractivity contribution in [1.82, 2.24) is 0 Å². The number of nitrogens with zero attached hydrogens (tertiary/aromatic N) is 1. The van der Waals surface area contributed by atoms with Gasteiger partial charge in [0.2, 0.25) is 0 Å². The fraction of sp³-hybridized carbons (Fsp3) is 0.691. The number of quaternary nitrogens is 1. The summed E-state index contributed by atoms with van der Waals surface area (Å²) in [6, 6.07) is -0.625. The zero-order valence-corrected chi connectivity index (χ0v) is 41.0. The van der Waals surface area contributed by atoms with E-state index >= 15 is 0 Å². The third-order valence-electron chi connectivity index (χ3n) is 10.8. The van der Waals surface area contributed by atoms with Gasteiger partial charge in [0, 0.05) is 19.3 Å². The van der Waals surface area contributed by atoms with Gasteiger partial charge in [0.1, 0.15) is 6.61 Å². The van der Waals surface area contributed by atoms with E-state index in [9.17, 15) is 19.5 Å².